The minimum atomic E-state index is -0.791. The number of nitrogens with one attached hydrogen (secondary N) is 1. The number of rotatable bonds is 55. The van der Waals surface area contributed by atoms with E-state index in [1.807, 2.05) is 0 Å². The Balaban J connectivity index is 4.51. The van der Waals surface area contributed by atoms with E-state index in [0.29, 0.717) is 19.3 Å². The Morgan fingerprint density at radius 3 is 1.18 bits per heavy atom. The normalized spacial score (nSPS) is 13.3. The summed E-state index contributed by atoms with van der Waals surface area (Å²) >= 11 is 0. The number of amides is 1. The lowest BCUT2D eigenvalue weighted by Gasteiger charge is -2.24. The summed E-state index contributed by atoms with van der Waals surface area (Å²) in [5, 5.41) is 23.9. The Hall–Kier alpha value is -1.92. The van der Waals surface area contributed by atoms with Gasteiger partial charge in [-0.15, -0.1) is 0 Å². The minimum Gasteiger partial charge on any atom is -0.462 e. The number of aliphatic hydroxyl groups excluding tert-OH is 2. The number of unbranched alkanes of at least 4 members (excludes halogenated alkanes) is 37. The van der Waals surface area contributed by atoms with Gasteiger partial charge in [-0.25, -0.2) is 0 Å². The van der Waals surface area contributed by atoms with Crippen LogP contribution >= 0.6 is 0 Å². The Morgan fingerprint density at radius 2 is 0.750 bits per heavy atom. The van der Waals surface area contributed by atoms with Crippen LogP contribution in [0.15, 0.2) is 36.5 Å². The Kier molecular flexibility index (Phi) is 54.4. The first-order valence-electron chi connectivity index (χ1n) is 30.2. The van der Waals surface area contributed by atoms with Crippen molar-refractivity contribution in [2.75, 3.05) is 6.61 Å². The molecule has 0 aromatic carbocycles. The van der Waals surface area contributed by atoms with Gasteiger partial charge in [0.1, 0.15) is 6.10 Å². The fraction of sp³-hybridized carbons (Fsp3) is 0.871. The third-order valence-corrected chi connectivity index (χ3v) is 13.9. The highest BCUT2D eigenvalue weighted by molar-refractivity contribution is 5.77. The summed E-state index contributed by atoms with van der Waals surface area (Å²) in [5.41, 5.74) is 0. The lowest BCUT2D eigenvalue weighted by atomic mass is 10.0. The third-order valence-electron chi connectivity index (χ3n) is 13.9. The molecule has 0 rings (SSSR count). The highest BCUT2D eigenvalue weighted by Crippen LogP contribution is 2.18. The average Bonchev–Trinajstić information content (AvgIpc) is 3.33. The molecule has 0 fully saturated rings. The first kappa shape index (κ1) is 66.1. The van der Waals surface area contributed by atoms with Crippen LogP contribution in [0.4, 0.5) is 0 Å². The van der Waals surface area contributed by atoms with Gasteiger partial charge in [-0.05, 0) is 83.5 Å². The van der Waals surface area contributed by atoms with Crippen molar-refractivity contribution in [1.82, 2.24) is 5.32 Å². The number of allylic oxidation sites excluding steroid dienone is 6. The maximum absolute atomic E-state index is 13.3. The monoisotopic (exact) mass is 956 g/mol. The summed E-state index contributed by atoms with van der Waals surface area (Å²) in [6.07, 6.45) is 67.8. The number of ether oxygens (including phenoxy) is 1. The molecule has 0 spiro atoms. The standard InChI is InChI=1S/C62H117NO5/c1-4-7-10-13-16-19-22-25-28-30-31-32-34-37-40-43-46-49-52-55-62(67)68-58(53-50-47-44-41-38-35-27-24-21-18-15-12-9-6-3)56-61(66)63-59(57-64)60(65)54-51-48-45-42-39-36-33-29-26-23-20-17-14-11-8-5-2/h16,19,25,28,35,38,58-60,64-65H,4-15,17-18,20-24,26-27,29-34,36-37,39-57H2,1-3H3,(H,63,66)/b19-16-,28-25-,38-35+. The van der Waals surface area contributed by atoms with Crippen LogP contribution in [0.2, 0.25) is 0 Å². The quantitative estimate of drug-likeness (QED) is 0.0321. The van der Waals surface area contributed by atoms with Crippen molar-refractivity contribution >= 4 is 11.9 Å². The third kappa shape index (κ3) is 50.5. The van der Waals surface area contributed by atoms with Crippen LogP contribution in [0, 0.1) is 0 Å². The summed E-state index contributed by atoms with van der Waals surface area (Å²) in [7, 11) is 0. The molecule has 0 saturated heterocycles. The van der Waals surface area contributed by atoms with Crippen LogP contribution in [-0.4, -0.2) is 46.9 Å². The van der Waals surface area contributed by atoms with E-state index in [1.54, 1.807) is 0 Å². The molecule has 3 unspecified atom stereocenters. The number of carbonyl (C=O) groups excluding carboxylic acids is 2. The molecule has 0 aromatic heterocycles. The summed E-state index contributed by atoms with van der Waals surface area (Å²) in [6.45, 7) is 6.49. The van der Waals surface area contributed by atoms with E-state index in [9.17, 15) is 19.8 Å². The molecule has 3 atom stereocenters. The van der Waals surface area contributed by atoms with Crippen LogP contribution < -0.4 is 5.32 Å². The van der Waals surface area contributed by atoms with E-state index in [1.165, 1.54) is 212 Å². The number of hydrogen-bond acceptors (Lipinski definition) is 5. The van der Waals surface area contributed by atoms with Crippen molar-refractivity contribution in [2.45, 2.75) is 341 Å². The van der Waals surface area contributed by atoms with Crippen LogP contribution in [0.1, 0.15) is 323 Å². The Bertz CT molecular complexity index is 1120. The summed E-state index contributed by atoms with van der Waals surface area (Å²) < 4.78 is 5.96. The van der Waals surface area contributed by atoms with Crippen molar-refractivity contribution in [3.05, 3.63) is 36.5 Å². The van der Waals surface area contributed by atoms with Crippen molar-refractivity contribution in [1.29, 1.82) is 0 Å². The molecule has 0 bridgehead atoms. The zero-order valence-corrected chi connectivity index (χ0v) is 45.8. The molecule has 0 aliphatic heterocycles. The van der Waals surface area contributed by atoms with Crippen LogP contribution in [0.5, 0.6) is 0 Å². The van der Waals surface area contributed by atoms with Crippen molar-refractivity contribution in [2.24, 2.45) is 0 Å². The van der Waals surface area contributed by atoms with Gasteiger partial charge in [0.15, 0.2) is 0 Å². The molecule has 3 N–H and O–H groups in total. The van der Waals surface area contributed by atoms with Crippen molar-refractivity contribution in [3.8, 4) is 0 Å². The van der Waals surface area contributed by atoms with Crippen LogP contribution in [0.25, 0.3) is 0 Å². The second-order valence-corrected chi connectivity index (χ2v) is 20.7. The number of esters is 1. The van der Waals surface area contributed by atoms with E-state index in [-0.39, 0.29) is 24.9 Å². The lowest BCUT2D eigenvalue weighted by Crippen LogP contribution is -2.46. The van der Waals surface area contributed by atoms with Gasteiger partial charge in [0.25, 0.3) is 0 Å². The second-order valence-electron chi connectivity index (χ2n) is 20.7. The van der Waals surface area contributed by atoms with Gasteiger partial charge < -0.3 is 20.3 Å². The highest BCUT2D eigenvalue weighted by atomic mass is 16.5. The fourth-order valence-corrected chi connectivity index (χ4v) is 9.34. The first-order valence-corrected chi connectivity index (χ1v) is 30.2. The maximum atomic E-state index is 13.3. The van der Waals surface area contributed by atoms with E-state index in [2.05, 4.69) is 62.5 Å². The van der Waals surface area contributed by atoms with Gasteiger partial charge in [0.2, 0.25) is 5.91 Å². The lowest BCUT2D eigenvalue weighted by molar-refractivity contribution is -0.151. The molecule has 68 heavy (non-hydrogen) atoms. The van der Waals surface area contributed by atoms with Crippen LogP contribution in [0.3, 0.4) is 0 Å². The van der Waals surface area contributed by atoms with E-state index >= 15 is 0 Å². The summed E-state index contributed by atoms with van der Waals surface area (Å²) in [4.78, 5) is 26.3. The molecule has 400 valence electrons. The largest absolute Gasteiger partial charge is 0.462 e. The van der Waals surface area contributed by atoms with Crippen molar-refractivity contribution < 1.29 is 24.5 Å². The molecule has 0 aliphatic rings. The molecule has 1 amide bonds. The predicted octanol–water partition coefficient (Wildman–Crippen LogP) is 18.8. The fourth-order valence-electron chi connectivity index (χ4n) is 9.34. The van der Waals surface area contributed by atoms with Gasteiger partial charge in [0.05, 0.1) is 25.2 Å². The maximum Gasteiger partial charge on any atom is 0.306 e. The number of aliphatic hydroxyl groups is 2. The molecule has 0 radical (unpaired) electrons. The SMILES string of the molecule is CCCCC/C=C\C/C=C\CCCCCCCCCCCC(=O)OC(CCCCC/C=C/CCCCCCCCC)CC(=O)NC(CO)C(O)CCCCCCCCCCCCCCCCCC. The molecular weight excluding hydrogens is 839 g/mol. The predicted molar refractivity (Wildman–Crippen MR) is 296 cm³/mol. The molecular formula is C62H117NO5. The Labute approximate surface area is 424 Å². The molecule has 0 saturated carbocycles. The van der Waals surface area contributed by atoms with Gasteiger partial charge in [-0.1, -0.05) is 263 Å². The number of carbonyl (C=O) groups is 2. The minimum absolute atomic E-state index is 0.0686. The zero-order chi connectivity index (χ0) is 49.5. The number of hydrogen-bond donors (Lipinski definition) is 3. The van der Waals surface area contributed by atoms with E-state index in [4.69, 9.17) is 4.74 Å². The summed E-state index contributed by atoms with van der Waals surface area (Å²) in [5.74, 6) is -0.478. The highest BCUT2D eigenvalue weighted by Gasteiger charge is 2.24. The molecule has 6 heteroatoms. The smallest absolute Gasteiger partial charge is 0.306 e. The van der Waals surface area contributed by atoms with Gasteiger partial charge in [0, 0.05) is 6.42 Å². The molecule has 0 aromatic rings. The first-order chi connectivity index (χ1) is 33.5. The van der Waals surface area contributed by atoms with E-state index < -0.39 is 18.2 Å². The summed E-state index contributed by atoms with van der Waals surface area (Å²) in [6, 6.07) is -0.706. The van der Waals surface area contributed by atoms with E-state index in [0.717, 1.165) is 64.2 Å². The average molecular weight is 957 g/mol. The molecule has 0 heterocycles. The molecule has 0 aliphatic carbocycles. The topological polar surface area (TPSA) is 95.9 Å². The van der Waals surface area contributed by atoms with Crippen molar-refractivity contribution in [3.63, 3.8) is 0 Å². The van der Waals surface area contributed by atoms with Gasteiger partial charge >= 0.3 is 5.97 Å². The second kappa shape index (κ2) is 56.0. The van der Waals surface area contributed by atoms with Crippen LogP contribution in [-0.2, 0) is 14.3 Å². The Morgan fingerprint density at radius 1 is 0.426 bits per heavy atom. The molecule has 6 nitrogen and oxygen atoms in total. The van der Waals surface area contributed by atoms with Gasteiger partial charge in [-0.3, -0.25) is 9.59 Å². The van der Waals surface area contributed by atoms with Gasteiger partial charge in [-0.2, -0.15) is 0 Å². The zero-order valence-electron chi connectivity index (χ0n) is 45.8.